The Bertz CT molecular complexity index is 345. The van der Waals surface area contributed by atoms with Crippen molar-refractivity contribution in [1.82, 2.24) is 5.32 Å². The number of hydrogen-bond acceptors (Lipinski definition) is 3. The minimum atomic E-state index is -0.207. The highest BCUT2D eigenvalue weighted by atomic mass is 32.1. The highest BCUT2D eigenvalue weighted by Gasteiger charge is 2.16. The van der Waals surface area contributed by atoms with E-state index in [0.29, 0.717) is 11.4 Å². The van der Waals surface area contributed by atoms with Crippen molar-refractivity contribution in [3.8, 4) is 0 Å². The summed E-state index contributed by atoms with van der Waals surface area (Å²) in [7, 11) is 0. The summed E-state index contributed by atoms with van der Waals surface area (Å²) in [4.78, 5) is 21.8. The summed E-state index contributed by atoms with van der Waals surface area (Å²) in [6, 6.07) is 1.57. The van der Waals surface area contributed by atoms with E-state index in [0.717, 1.165) is 16.9 Å². The summed E-state index contributed by atoms with van der Waals surface area (Å²) in [6.45, 7) is 0.505. The van der Waals surface area contributed by atoms with E-state index in [1.807, 2.05) is 0 Å². The van der Waals surface area contributed by atoms with Crippen LogP contribution in [0, 0.1) is 0 Å². The Hall–Kier alpha value is -1.36. The molecule has 0 saturated heterocycles. The van der Waals surface area contributed by atoms with Crippen molar-refractivity contribution >= 4 is 28.7 Å². The second kappa shape index (κ2) is 2.60. The van der Waals surface area contributed by atoms with E-state index in [9.17, 15) is 9.59 Å². The lowest BCUT2D eigenvalue weighted by atomic mass is 10.2. The van der Waals surface area contributed by atoms with Gasteiger partial charge in [-0.15, -0.1) is 11.3 Å². The van der Waals surface area contributed by atoms with Gasteiger partial charge in [-0.25, -0.2) is 4.79 Å². The number of urea groups is 1. The van der Waals surface area contributed by atoms with Crippen LogP contribution in [0.4, 0.5) is 9.80 Å². The van der Waals surface area contributed by atoms with E-state index in [1.54, 1.807) is 6.07 Å². The summed E-state index contributed by atoms with van der Waals surface area (Å²) >= 11 is 1.30. The standard InChI is InChI=1S/C7H6N2O2S/c10-3-5-1-4-2-8-7(11)9-6(4)12-5/h1,3H,2H2,(H2,8,9,11). The zero-order chi connectivity index (χ0) is 8.55. The lowest BCUT2D eigenvalue weighted by molar-refractivity contribution is 0.112. The van der Waals surface area contributed by atoms with Gasteiger partial charge in [0.05, 0.1) is 4.88 Å². The zero-order valence-corrected chi connectivity index (χ0v) is 6.90. The molecule has 2 N–H and O–H groups in total. The Labute approximate surface area is 72.6 Å². The number of rotatable bonds is 1. The molecule has 4 nitrogen and oxygen atoms in total. The number of aldehydes is 1. The first kappa shape index (κ1) is 7.30. The maximum Gasteiger partial charge on any atom is 0.320 e. The van der Waals surface area contributed by atoms with Crippen molar-refractivity contribution in [3.05, 3.63) is 16.5 Å². The Balaban J connectivity index is 2.40. The average Bonchev–Trinajstić information content (AvgIpc) is 2.46. The van der Waals surface area contributed by atoms with Gasteiger partial charge in [-0.2, -0.15) is 0 Å². The molecule has 5 heteroatoms. The fraction of sp³-hybridized carbons (Fsp3) is 0.143. The van der Waals surface area contributed by atoms with Gasteiger partial charge in [0.15, 0.2) is 6.29 Å². The molecule has 2 heterocycles. The van der Waals surface area contributed by atoms with Crippen LogP contribution in [-0.2, 0) is 6.54 Å². The van der Waals surface area contributed by atoms with Crippen molar-refractivity contribution in [2.75, 3.05) is 5.32 Å². The number of carbonyl (C=O) groups excluding carboxylic acids is 2. The molecule has 2 amide bonds. The largest absolute Gasteiger partial charge is 0.334 e. The Morgan fingerprint density at radius 2 is 2.42 bits per heavy atom. The molecule has 0 unspecified atom stereocenters. The molecular formula is C7H6N2O2S. The smallest absolute Gasteiger partial charge is 0.320 e. The summed E-state index contributed by atoms with van der Waals surface area (Å²) in [5, 5.41) is 6.02. The lowest BCUT2D eigenvalue weighted by Gasteiger charge is -2.12. The molecule has 0 spiro atoms. The topological polar surface area (TPSA) is 58.2 Å². The van der Waals surface area contributed by atoms with Crippen LogP contribution in [-0.4, -0.2) is 12.3 Å². The third-order valence-corrected chi connectivity index (χ3v) is 2.63. The highest BCUT2D eigenvalue weighted by Crippen LogP contribution is 2.28. The molecule has 0 atom stereocenters. The fourth-order valence-corrected chi connectivity index (χ4v) is 1.96. The first-order chi connectivity index (χ1) is 5.79. The molecule has 1 aliphatic rings. The number of fused-ring (bicyclic) bond motifs is 1. The molecule has 0 aromatic carbocycles. The summed E-state index contributed by atoms with van der Waals surface area (Å²) < 4.78 is 0. The summed E-state index contributed by atoms with van der Waals surface area (Å²) in [5.41, 5.74) is 0.974. The molecule has 0 saturated carbocycles. The quantitative estimate of drug-likeness (QED) is 0.641. The monoisotopic (exact) mass is 182 g/mol. The van der Waals surface area contributed by atoms with Crippen LogP contribution in [0.3, 0.4) is 0 Å². The van der Waals surface area contributed by atoms with Crippen LogP contribution in [0.2, 0.25) is 0 Å². The molecule has 0 fully saturated rings. The Morgan fingerprint density at radius 1 is 1.58 bits per heavy atom. The lowest BCUT2D eigenvalue weighted by Crippen LogP contribution is -2.32. The van der Waals surface area contributed by atoms with Gasteiger partial charge in [0.1, 0.15) is 5.00 Å². The van der Waals surface area contributed by atoms with Gasteiger partial charge < -0.3 is 5.32 Å². The van der Waals surface area contributed by atoms with E-state index in [1.165, 1.54) is 11.3 Å². The normalized spacial score (nSPS) is 14.5. The van der Waals surface area contributed by atoms with Crippen LogP contribution < -0.4 is 10.6 Å². The van der Waals surface area contributed by atoms with Crippen molar-refractivity contribution in [1.29, 1.82) is 0 Å². The average molecular weight is 182 g/mol. The number of anilines is 1. The Kier molecular flexibility index (Phi) is 1.58. The van der Waals surface area contributed by atoms with Gasteiger partial charge in [0, 0.05) is 12.1 Å². The predicted octanol–water partition coefficient (Wildman–Crippen LogP) is 1.20. The minimum absolute atomic E-state index is 0.207. The molecule has 1 aliphatic heterocycles. The van der Waals surface area contributed by atoms with E-state index in [-0.39, 0.29) is 6.03 Å². The molecule has 2 rings (SSSR count). The first-order valence-electron chi connectivity index (χ1n) is 3.42. The van der Waals surface area contributed by atoms with Crippen LogP contribution in [0.5, 0.6) is 0 Å². The van der Waals surface area contributed by atoms with Crippen molar-refractivity contribution < 1.29 is 9.59 Å². The van der Waals surface area contributed by atoms with E-state index in [4.69, 9.17) is 0 Å². The number of amides is 2. The molecule has 0 bridgehead atoms. The molecule has 0 aliphatic carbocycles. The zero-order valence-electron chi connectivity index (χ0n) is 6.09. The van der Waals surface area contributed by atoms with Crippen LogP contribution in [0.1, 0.15) is 15.2 Å². The molecule has 62 valence electrons. The molecular weight excluding hydrogens is 176 g/mol. The van der Waals surface area contributed by atoms with Gasteiger partial charge in [0.2, 0.25) is 0 Å². The van der Waals surface area contributed by atoms with E-state index >= 15 is 0 Å². The first-order valence-corrected chi connectivity index (χ1v) is 4.24. The SMILES string of the molecule is O=Cc1cc2c(s1)NC(=O)NC2. The van der Waals surface area contributed by atoms with Gasteiger partial charge in [0.25, 0.3) is 0 Å². The van der Waals surface area contributed by atoms with Crippen LogP contribution >= 0.6 is 11.3 Å². The maximum atomic E-state index is 10.8. The second-order valence-electron chi connectivity index (χ2n) is 2.43. The predicted molar refractivity (Wildman–Crippen MR) is 45.6 cm³/mol. The fourth-order valence-electron chi connectivity index (χ4n) is 1.07. The number of carbonyl (C=O) groups is 2. The van der Waals surface area contributed by atoms with Gasteiger partial charge in [-0.1, -0.05) is 0 Å². The second-order valence-corrected chi connectivity index (χ2v) is 3.51. The highest BCUT2D eigenvalue weighted by molar-refractivity contribution is 7.18. The molecule has 12 heavy (non-hydrogen) atoms. The van der Waals surface area contributed by atoms with Gasteiger partial charge in [-0.05, 0) is 6.07 Å². The van der Waals surface area contributed by atoms with Gasteiger partial charge >= 0.3 is 6.03 Å². The number of thiophene rings is 1. The minimum Gasteiger partial charge on any atom is -0.334 e. The Morgan fingerprint density at radius 3 is 3.17 bits per heavy atom. The molecule has 0 radical (unpaired) electrons. The molecule has 1 aromatic heterocycles. The van der Waals surface area contributed by atoms with Crippen LogP contribution in [0.25, 0.3) is 0 Å². The van der Waals surface area contributed by atoms with E-state index < -0.39 is 0 Å². The van der Waals surface area contributed by atoms with E-state index in [2.05, 4.69) is 10.6 Å². The third kappa shape index (κ3) is 1.08. The van der Waals surface area contributed by atoms with Crippen molar-refractivity contribution in [2.45, 2.75) is 6.54 Å². The van der Waals surface area contributed by atoms with Crippen molar-refractivity contribution in [3.63, 3.8) is 0 Å². The maximum absolute atomic E-state index is 10.8. The summed E-state index contributed by atoms with van der Waals surface area (Å²) in [6.07, 6.45) is 0.787. The number of hydrogen-bond donors (Lipinski definition) is 2. The summed E-state index contributed by atoms with van der Waals surface area (Å²) in [5.74, 6) is 0. The number of nitrogens with one attached hydrogen (secondary N) is 2. The third-order valence-electron chi connectivity index (χ3n) is 1.61. The van der Waals surface area contributed by atoms with Gasteiger partial charge in [-0.3, -0.25) is 10.1 Å². The van der Waals surface area contributed by atoms with Crippen molar-refractivity contribution in [2.24, 2.45) is 0 Å². The molecule has 1 aromatic rings. The van der Waals surface area contributed by atoms with Crippen LogP contribution in [0.15, 0.2) is 6.07 Å².